The van der Waals surface area contributed by atoms with Gasteiger partial charge < -0.3 is 15.8 Å². The molecule has 2 rings (SSSR count). The van der Waals surface area contributed by atoms with Crippen molar-refractivity contribution in [2.75, 3.05) is 12.4 Å². The average Bonchev–Trinajstić information content (AvgIpc) is 2.32. The van der Waals surface area contributed by atoms with E-state index in [1.807, 2.05) is 6.07 Å². The second-order valence-corrected chi connectivity index (χ2v) is 4.55. The Morgan fingerprint density at radius 1 is 1.35 bits per heavy atom. The van der Waals surface area contributed by atoms with E-state index < -0.39 is 0 Å². The molecule has 1 aliphatic carbocycles. The quantitative estimate of drug-likeness (QED) is 0.850. The average molecular weight is 238 g/mol. The van der Waals surface area contributed by atoms with E-state index in [1.165, 1.54) is 26.0 Å². The van der Waals surface area contributed by atoms with Crippen LogP contribution in [0.4, 0.5) is 10.1 Å². The van der Waals surface area contributed by atoms with Gasteiger partial charge in [-0.1, -0.05) is 12.8 Å². The summed E-state index contributed by atoms with van der Waals surface area (Å²) in [7, 11) is 1.46. The highest BCUT2D eigenvalue weighted by atomic mass is 19.1. The predicted octanol–water partition coefficient (Wildman–Crippen LogP) is 2.52. The molecule has 2 unspecified atom stereocenters. The van der Waals surface area contributed by atoms with Gasteiger partial charge in [0.2, 0.25) is 0 Å². The molecule has 0 saturated heterocycles. The first kappa shape index (κ1) is 12.2. The second kappa shape index (κ2) is 5.36. The van der Waals surface area contributed by atoms with Gasteiger partial charge in [0.1, 0.15) is 0 Å². The van der Waals surface area contributed by atoms with Gasteiger partial charge in [0.25, 0.3) is 0 Å². The topological polar surface area (TPSA) is 47.3 Å². The maximum Gasteiger partial charge on any atom is 0.167 e. The minimum atomic E-state index is -0.345. The van der Waals surface area contributed by atoms with Crippen LogP contribution in [0.2, 0.25) is 0 Å². The van der Waals surface area contributed by atoms with Crippen LogP contribution in [-0.2, 0) is 0 Å². The van der Waals surface area contributed by atoms with E-state index in [0.29, 0.717) is 0 Å². The van der Waals surface area contributed by atoms with Crippen LogP contribution in [0.15, 0.2) is 18.2 Å². The summed E-state index contributed by atoms with van der Waals surface area (Å²) in [5.74, 6) is -0.0784. The van der Waals surface area contributed by atoms with Gasteiger partial charge in [0.15, 0.2) is 11.6 Å². The highest BCUT2D eigenvalue weighted by Crippen LogP contribution is 2.24. The lowest BCUT2D eigenvalue weighted by Gasteiger charge is -2.30. The summed E-state index contributed by atoms with van der Waals surface area (Å²) in [5.41, 5.74) is 6.81. The fraction of sp³-hybridized carbons (Fsp3) is 0.538. The van der Waals surface area contributed by atoms with E-state index in [9.17, 15) is 4.39 Å². The summed E-state index contributed by atoms with van der Waals surface area (Å²) in [6.45, 7) is 0. The number of rotatable bonds is 3. The minimum Gasteiger partial charge on any atom is -0.494 e. The van der Waals surface area contributed by atoms with Crippen molar-refractivity contribution < 1.29 is 9.13 Å². The number of hydrogen-bond acceptors (Lipinski definition) is 3. The summed E-state index contributed by atoms with van der Waals surface area (Å²) in [6.07, 6.45) is 4.46. The molecule has 3 N–H and O–H groups in total. The Hall–Kier alpha value is -1.29. The lowest BCUT2D eigenvalue weighted by molar-refractivity contribution is 0.386. The van der Waals surface area contributed by atoms with Crippen LogP contribution in [0.3, 0.4) is 0 Å². The van der Waals surface area contributed by atoms with Crippen LogP contribution in [0.5, 0.6) is 5.75 Å². The highest BCUT2D eigenvalue weighted by molar-refractivity contribution is 5.48. The molecule has 1 aliphatic rings. The fourth-order valence-corrected chi connectivity index (χ4v) is 2.31. The molecule has 3 nitrogen and oxygen atoms in total. The number of benzene rings is 1. The fourth-order valence-electron chi connectivity index (χ4n) is 2.31. The molecule has 1 aromatic rings. The summed E-state index contributed by atoms with van der Waals surface area (Å²) in [6, 6.07) is 5.32. The lowest BCUT2D eigenvalue weighted by Crippen LogP contribution is -2.42. The molecule has 0 radical (unpaired) electrons. The van der Waals surface area contributed by atoms with Crippen molar-refractivity contribution in [3.05, 3.63) is 24.0 Å². The van der Waals surface area contributed by atoms with Crippen molar-refractivity contribution in [3.63, 3.8) is 0 Å². The van der Waals surface area contributed by atoms with Crippen LogP contribution in [0, 0.1) is 5.82 Å². The zero-order valence-electron chi connectivity index (χ0n) is 10.1. The van der Waals surface area contributed by atoms with Crippen molar-refractivity contribution in [3.8, 4) is 5.75 Å². The molecule has 17 heavy (non-hydrogen) atoms. The van der Waals surface area contributed by atoms with E-state index in [2.05, 4.69) is 5.32 Å². The van der Waals surface area contributed by atoms with Gasteiger partial charge >= 0.3 is 0 Å². The van der Waals surface area contributed by atoms with Gasteiger partial charge in [-0.3, -0.25) is 0 Å². The van der Waals surface area contributed by atoms with E-state index in [0.717, 1.165) is 18.5 Å². The molecule has 0 bridgehead atoms. The predicted molar refractivity (Wildman–Crippen MR) is 66.8 cm³/mol. The summed E-state index contributed by atoms with van der Waals surface area (Å²) in [5, 5.41) is 3.30. The van der Waals surface area contributed by atoms with Gasteiger partial charge in [-0.25, -0.2) is 4.39 Å². The minimum absolute atomic E-state index is 0.161. The highest BCUT2D eigenvalue weighted by Gasteiger charge is 2.21. The smallest absolute Gasteiger partial charge is 0.167 e. The third-order valence-corrected chi connectivity index (χ3v) is 3.32. The first-order valence-electron chi connectivity index (χ1n) is 6.06. The molecule has 1 aromatic carbocycles. The van der Waals surface area contributed by atoms with Crippen LogP contribution < -0.4 is 15.8 Å². The number of hydrogen-bond donors (Lipinski definition) is 2. The second-order valence-electron chi connectivity index (χ2n) is 4.55. The number of methoxy groups -OCH3 is 1. The van der Waals surface area contributed by atoms with Gasteiger partial charge in [0.05, 0.1) is 7.11 Å². The third kappa shape index (κ3) is 2.88. The molecule has 0 amide bonds. The zero-order valence-corrected chi connectivity index (χ0v) is 10.1. The molecular formula is C13H19FN2O. The third-order valence-electron chi connectivity index (χ3n) is 3.32. The van der Waals surface area contributed by atoms with Crippen LogP contribution in [0.1, 0.15) is 25.7 Å². The molecular weight excluding hydrogens is 219 g/mol. The first-order valence-corrected chi connectivity index (χ1v) is 6.06. The standard InChI is InChI=1S/C13H19FN2O/c1-17-13-7-6-9(8-10(13)14)16-12-5-3-2-4-11(12)15/h6-8,11-12,16H,2-5,15H2,1H3. The molecule has 1 fully saturated rings. The molecule has 0 aromatic heterocycles. The van der Waals surface area contributed by atoms with Gasteiger partial charge in [-0.05, 0) is 25.0 Å². The Labute approximate surface area is 101 Å². The van der Waals surface area contributed by atoms with Gasteiger partial charge in [0, 0.05) is 23.8 Å². The number of ether oxygens (including phenoxy) is 1. The SMILES string of the molecule is COc1ccc(NC2CCCCC2N)cc1F. The summed E-state index contributed by atoms with van der Waals surface area (Å²) in [4.78, 5) is 0. The van der Waals surface area contributed by atoms with Crippen molar-refractivity contribution in [1.29, 1.82) is 0 Å². The normalized spacial score (nSPS) is 24.4. The number of anilines is 1. The Morgan fingerprint density at radius 3 is 2.76 bits per heavy atom. The number of halogens is 1. The molecule has 0 spiro atoms. The Bertz CT molecular complexity index is 384. The summed E-state index contributed by atoms with van der Waals surface area (Å²) >= 11 is 0. The molecule has 0 aliphatic heterocycles. The van der Waals surface area contributed by atoms with Crippen molar-refractivity contribution in [2.24, 2.45) is 5.73 Å². The van der Waals surface area contributed by atoms with Crippen molar-refractivity contribution >= 4 is 5.69 Å². The molecule has 0 heterocycles. The van der Waals surface area contributed by atoms with E-state index in [-0.39, 0.29) is 23.7 Å². The molecule has 2 atom stereocenters. The van der Waals surface area contributed by atoms with Crippen LogP contribution >= 0.6 is 0 Å². The van der Waals surface area contributed by atoms with Crippen LogP contribution in [0.25, 0.3) is 0 Å². The lowest BCUT2D eigenvalue weighted by atomic mass is 9.91. The maximum absolute atomic E-state index is 13.5. The molecule has 1 saturated carbocycles. The van der Waals surface area contributed by atoms with E-state index >= 15 is 0 Å². The Kier molecular flexibility index (Phi) is 3.84. The van der Waals surface area contributed by atoms with Crippen molar-refractivity contribution in [2.45, 2.75) is 37.8 Å². The van der Waals surface area contributed by atoms with Gasteiger partial charge in [-0.2, -0.15) is 0 Å². The Balaban J connectivity index is 2.05. The number of nitrogens with two attached hydrogens (primary N) is 1. The maximum atomic E-state index is 13.5. The van der Waals surface area contributed by atoms with E-state index in [1.54, 1.807) is 6.07 Å². The summed E-state index contributed by atoms with van der Waals surface area (Å²) < 4.78 is 18.4. The van der Waals surface area contributed by atoms with Crippen molar-refractivity contribution in [1.82, 2.24) is 0 Å². The van der Waals surface area contributed by atoms with E-state index in [4.69, 9.17) is 10.5 Å². The number of nitrogens with one attached hydrogen (secondary N) is 1. The van der Waals surface area contributed by atoms with Gasteiger partial charge in [-0.15, -0.1) is 0 Å². The molecule has 94 valence electrons. The Morgan fingerprint density at radius 2 is 2.12 bits per heavy atom. The molecule has 4 heteroatoms. The van der Waals surface area contributed by atoms with Crippen LogP contribution in [-0.4, -0.2) is 19.2 Å². The zero-order chi connectivity index (χ0) is 12.3. The largest absolute Gasteiger partial charge is 0.494 e. The first-order chi connectivity index (χ1) is 8.20. The monoisotopic (exact) mass is 238 g/mol.